The lowest BCUT2D eigenvalue weighted by Gasteiger charge is -2.18. The minimum Gasteiger partial charge on any atom is -0.434 e. The molecule has 0 aliphatic rings. The molecule has 0 aliphatic heterocycles. The molecule has 0 bridgehead atoms. The Morgan fingerprint density at radius 2 is 0.658 bits per heavy atom. The topological polar surface area (TPSA) is 35.5 Å². The molecule has 3 heteroatoms. The average molecular weight is 539 g/mol. The van der Waals surface area contributed by atoms with E-state index in [0.717, 1.165) is 12.8 Å². The Morgan fingerprint density at radius 3 is 0.974 bits per heavy atom. The van der Waals surface area contributed by atoms with Crippen LogP contribution in [0.3, 0.4) is 0 Å². The molecule has 0 saturated carbocycles. The molecule has 0 heterocycles. The maximum atomic E-state index is 12.3. The maximum Gasteiger partial charge on any atom is 0.508 e. The van der Waals surface area contributed by atoms with Crippen LogP contribution in [-0.4, -0.2) is 19.4 Å². The molecule has 0 aromatic heterocycles. The predicted octanol–water partition coefficient (Wildman–Crippen LogP) is 12.6. The third-order valence-electron chi connectivity index (χ3n) is 8.36. The molecule has 38 heavy (non-hydrogen) atoms. The van der Waals surface area contributed by atoms with Crippen LogP contribution in [0.15, 0.2) is 0 Å². The summed E-state index contributed by atoms with van der Waals surface area (Å²) < 4.78 is 11.1. The number of unbranched alkanes of at least 4 members (excludes halogenated alkanes) is 16. The smallest absolute Gasteiger partial charge is 0.434 e. The van der Waals surface area contributed by atoms with E-state index in [1.54, 1.807) is 0 Å². The second kappa shape index (κ2) is 30.8. The normalized spacial score (nSPS) is 12.9. The summed E-state index contributed by atoms with van der Waals surface area (Å²) in [5.74, 6) is 1.38. The van der Waals surface area contributed by atoms with Gasteiger partial charge in [-0.25, -0.2) is 4.79 Å². The zero-order valence-corrected chi connectivity index (χ0v) is 26.7. The van der Waals surface area contributed by atoms with Gasteiger partial charge in [0.05, 0.1) is 13.2 Å². The average Bonchev–Trinajstić information content (AvgIpc) is 2.92. The van der Waals surface area contributed by atoms with Gasteiger partial charge in [-0.15, -0.1) is 0 Å². The molecule has 0 aromatic carbocycles. The van der Waals surface area contributed by atoms with Gasteiger partial charge in [-0.05, 0) is 24.7 Å². The van der Waals surface area contributed by atoms with Crippen molar-refractivity contribution >= 4 is 6.16 Å². The molecule has 0 N–H and O–H groups in total. The zero-order chi connectivity index (χ0) is 27.9. The van der Waals surface area contributed by atoms with E-state index in [1.807, 2.05) is 0 Å². The molecule has 0 radical (unpaired) electrons. The van der Waals surface area contributed by atoms with Crippen LogP contribution in [0, 0.1) is 11.8 Å². The van der Waals surface area contributed by atoms with Crippen LogP contribution in [0.2, 0.25) is 0 Å². The first-order valence-corrected chi connectivity index (χ1v) is 17.5. The summed E-state index contributed by atoms with van der Waals surface area (Å²) in [5.41, 5.74) is 0. The molecule has 0 aliphatic carbocycles. The summed E-state index contributed by atoms with van der Waals surface area (Å²) in [6, 6.07) is 0. The van der Waals surface area contributed by atoms with E-state index in [2.05, 4.69) is 27.7 Å². The first-order chi connectivity index (χ1) is 18.7. The standard InChI is InChI=1S/C35H70O3/c1-5-9-13-17-19-23-27-33(25-21-15-11-7-3)29-31-37-35(36)38-32-30-34(26-22-16-12-8-4)28-24-20-18-14-10-6-2/h33-34H,5-32H2,1-4H3. The highest BCUT2D eigenvalue weighted by atomic mass is 16.7. The summed E-state index contributed by atoms with van der Waals surface area (Å²) >= 11 is 0. The number of carbonyl (C=O) groups is 1. The number of carbonyl (C=O) groups excluding carboxylic acids is 1. The Labute approximate surface area is 240 Å². The second-order valence-corrected chi connectivity index (χ2v) is 12.1. The largest absolute Gasteiger partial charge is 0.508 e. The fourth-order valence-electron chi connectivity index (χ4n) is 5.67. The number of rotatable bonds is 30. The molecular weight excluding hydrogens is 468 g/mol. The molecule has 3 nitrogen and oxygen atoms in total. The summed E-state index contributed by atoms with van der Waals surface area (Å²) in [5, 5.41) is 0. The summed E-state index contributed by atoms with van der Waals surface area (Å²) in [7, 11) is 0. The van der Waals surface area contributed by atoms with E-state index >= 15 is 0 Å². The van der Waals surface area contributed by atoms with Gasteiger partial charge in [-0.3, -0.25) is 0 Å². The lowest BCUT2D eigenvalue weighted by Crippen LogP contribution is -2.14. The van der Waals surface area contributed by atoms with Crippen molar-refractivity contribution in [2.45, 2.75) is 195 Å². The highest BCUT2D eigenvalue weighted by Crippen LogP contribution is 2.23. The van der Waals surface area contributed by atoms with Gasteiger partial charge in [0.25, 0.3) is 0 Å². The van der Waals surface area contributed by atoms with Crippen LogP contribution in [0.5, 0.6) is 0 Å². The molecule has 0 fully saturated rings. The Bertz CT molecular complexity index is 424. The van der Waals surface area contributed by atoms with Gasteiger partial charge in [0.1, 0.15) is 0 Å². The van der Waals surface area contributed by atoms with Gasteiger partial charge in [-0.2, -0.15) is 0 Å². The number of ether oxygens (including phenoxy) is 2. The third-order valence-corrected chi connectivity index (χ3v) is 8.36. The molecule has 0 saturated heterocycles. The summed E-state index contributed by atoms with van der Waals surface area (Å²) in [6.45, 7) is 10.1. The van der Waals surface area contributed by atoms with E-state index in [1.165, 1.54) is 154 Å². The molecule has 0 rings (SSSR count). The van der Waals surface area contributed by atoms with Gasteiger partial charge in [0.15, 0.2) is 0 Å². The number of hydrogen-bond acceptors (Lipinski definition) is 3. The molecular formula is C35H70O3. The van der Waals surface area contributed by atoms with Crippen LogP contribution < -0.4 is 0 Å². The van der Waals surface area contributed by atoms with Gasteiger partial charge in [0.2, 0.25) is 0 Å². The van der Waals surface area contributed by atoms with E-state index < -0.39 is 6.16 Å². The van der Waals surface area contributed by atoms with Crippen molar-refractivity contribution in [3.63, 3.8) is 0 Å². The second-order valence-electron chi connectivity index (χ2n) is 12.1. The van der Waals surface area contributed by atoms with Crippen molar-refractivity contribution in [1.82, 2.24) is 0 Å². The van der Waals surface area contributed by atoms with Crippen molar-refractivity contribution in [3.05, 3.63) is 0 Å². The molecule has 2 unspecified atom stereocenters. The fraction of sp³-hybridized carbons (Fsp3) is 0.971. The maximum absolute atomic E-state index is 12.3. The minimum absolute atomic E-state index is 0.446. The van der Waals surface area contributed by atoms with Crippen LogP contribution >= 0.6 is 0 Å². The summed E-state index contributed by atoms with van der Waals surface area (Å²) in [4.78, 5) is 12.3. The molecule has 228 valence electrons. The van der Waals surface area contributed by atoms with Crippen LogP contribution in [0.1, 0.15) is 195 Å². The van der Waals surface area contributed by atoms with Gasteiger partial charge >= 0.3 is 6.16 Å². The Kier molecular flexibility index (Phi) is 30.2. The van der Waals surface area contributed by atoms with E-state index in [-0.39, 0.29) is 0 Å². The monoisotopic (exact) mass is 539 g/mol. The van der Waals surface area contributed by atoms with E-state index in [0.29, 0.717) is 25.0 Å². The van der Waals surface area contributed by atoms with E-state index in [4.69, 9.17) is 9.47 Å². The van der Waals surface area contributed by atoms with E-state index in [9.17, 15) is 4.79 Å². The van der Waals surface area contributed by atoms with Crippen molar-refractivity contribution in [2.24, 2.45) is 11.8 Å². The number of hydrogen-bond donors (Lipinski definition) is 0. The Hall–Kier alpha value is -0.730. The predicted molar refractivity (Wildman–Crippen MR) is 167 cm³/mol. The highest BCUT2D eigenvalue weighted by Gasteiger charge is 2.13. The van der Waals surface area contributed by atoms with Crippen molar-refractivity contribution in [3.8, 4) is 0 Å². The quantitative estimate of drug-likeness (QED) is 0.0673. The third kappa shape index (κ3) is 26.9. The fourth-order valence-corrected chi connectivity index (χ4v) is 5.67. The Morgan fingerprint density at radius 1 is 0.395 bits per heavy atom. The lowest BCUT2D eigenvalue weighted by molar-refractivity contribution is 0.0464. The minimum atomic E-state index is -0.446. The molecule has 0 amide bonds. The zero-order valence-electron chi connectivity index (χ0n) is 26.7. The van der Waals surface area contributed by atoms with Gasteiger partial charge < -0.3 is 9.47 Å². The van der Waals surface area contributed by atoms with Gasteiger partial charge in [-0.1, -0.05) is 182 Å². The van der Waals surface area contributed by atoms with Crippen molar-refractivity contribution in [1.29, 1.82) is 0 Å². The lowest BCUT2D eigenvalue weighted by atomic mass is 9.92. The van der Waals surface area contributed by atoms with Gasteiger partial charge in [0, 0.05) is 0 Å². The first kappa shape index (κ1) is 37.3. The SMILES string of the molecule is CCCCCCCCC(CCCCCC)CCOC(=O)OCCC(CCCCCC)CCCCCCCC. The summed E-state index contributed by atoms with van der Waals surface area (Å²) in [6.07, 6.45) is 33.5. The van der Waals surface area contributed by atoms with Crippen molar-refractivity contribution < 1.29 is 14.3 Å². The molecule has 2 atom stereocenters. The van der Waals surface area contributed by atoms with Crippen LogP contribution in [0.4, 0.5) is 4.79 Å². The Balaban J connectivity index is 4.24. The van der Waals surface area contributed by atoms with Crippen LogP contribution in [-0.2, 0) is 9.47 Å². The highest BCUT2D eigenvalue weighted by molar-refractivity contribution is 5.59. The molecule has 0 spiro atoms. The van der Waals surface area contributed by atoms with Crippen LogP contribution in [0.25, 0.3) is 0 Å². The first-order valence-electron chi connectivity index (χ1n) is 17.5. The van der Waals surface area contributed by atoms with Crippen molar-refractivity contribution in [2.75, 3.05) is 13.2 Å². The molecule has 0 aromatic rings.